The number of carbonyl (C=O) groups is 2. The maximum atomic E-state index is 13.1. The lowest BCUT2D eigenvalue weighted by molar-refractivity contribution is -0.117. The van der Waals surface area contributed by atoms with E-state index in [0.717, 1.165) is 64.7 Å². The molecule has 2 heterocycles. The first-order valence-electron chi connectivity index (χ1n) is 10.4. The standard InChI is InChI=1S/C25H24N2O2/c1-3-14-27-15-17(16-8-4-5-9-18(16)27)23-24-19(10-6-12-21(24)28)26(2)20-11-7-13-22(29)25(20)23/h1,4-5,8-9,15,23H,6-7,10-14H2,2H3. The number of fused-ring (bicyclic) bond motifs is 1. The first kappa shape index (κ1) is 18.0. The third kappa shape index (κ3) is 2.61. The van der Waals surface area contributed by atoms with Crippen LogP contribution < -0.4 is 0 Å². The first-order chi connectivity index (χ1) is 14.1. The molecule has 1 aromatic carbocycles. The van der Waals surface area contributed by atoms with Gasteiger partial charge in [-0.1, -0.05) is 24.1 Å². The smallest absolute Gasteiger partial charge is 0.161 e. The van der Waals surface area contributed by atoms with Crippen LogP contribution in [0.15, 0.2) is 53.0 Å². The molecule has 4 nitrogen and oxygen atoms in total. The van der Waals surface area contributed by atoms with Crippen molar-refractivity contribution >= 4 is 22.5 Å². The second kappa shape index (κ2) is 6.77. The molecule has 4 heteroatoms. The molecule has 0 amide bonds. The Kier molecular flexibility index (Phi) is 4.20. The first-order valence-corrected chi connectivity index (χ1v) is 10.4. The minimum absolute atomic E-state index is 0.182. The molecule has 1 aliphatic heterocycles. The molecule has 0 unspecified atom stereocenters. The molecule has 0 N–H and O–H groups in total. The monoisotopic (exact) mass is 384 g/mol. The fourth-order valence-electron chi connectivity index (χ4n) is 5.40. The van der Waals surface area contributed by atoms with Crippen molar-refractivity contribution < 1.29 is 9.59 Å². The second-order valence-electron chi connectivity index (χ2n) is 8.20. The van der Waals surface area contributed by atoms with Crippen molar-refractivity contribution in [2.75, 3.05) is 7.05 Å². The van der Waals surface area contributed by atoms with Crippen LogP contribution >= 0.6 is 0 Å². The summed E-state index contributed by atoms with van der Waals surface area (Å²) in [6.45, 7) is 0.465. The van der Waals surface area contributed by atoms with Gasteiger partial charge in [-0.3, -0.25) is 9.59 Å². The van der Waals surface area contributed by atoms with E-state index in [1.54, 1.807) is 0 Å². The van der Waals surface area contributed by atoms with Crippen LogP contribution in [-0.4, -0.2) is 28.1 Å². The third-order valence-corrected chi connectivity index (χ3v) is 6.64. The van der Waals surface area contributed by atoms with Crippen molar-refractivity contribution in [3.8, 4) is 12.3 Å². The summed E-state index contributed by atoms with van der Waals surface area (Å²) in [4.78, 5) is 28.4. The fourth-order valence-corrected chi connectivity index (χ4v) is 5.40. The molecule has 2 aromatic rings. The number of carbonyl (C=O) groups excluding carboxylic acids is 2. The lowest BCUT2D eigenvalue weighted by Gasteiger charge is -2.42. The second-order valence-corrected chi connectivity index (χ2v) is 8.20. The van der Waals surface area contributed by atoms with Crippen LogP contribution in [-0.2, 0) is 16.1 Å². The van der Waals surface area contributed by atoms with Gasteiger partial charge in [0, 0.05) is 65.4 Å². The summed E-state index contributed by atoms with van der Waals surface area (Å²) >= 11 is 0. The maximum Gasteiger partial charge on any atom is 0.161 e. The highest BCUT2D eigenvalue weighted by molar-refractivity contribution is 6.07. The number of hydrogen-bond acceptors (Lipinski definition) is 3. The number of ketones is 2. The molecule has 1 aromatic heterocycles. The largest absolute Gasteiger partial charge is 0.351 e. The quantitative estimate of drug-likeness (QED) is 0.725. The number of benzene rings is 1. The molecule has 0 saturated heterocycles. The minimum atomic E-state index is -0.277. The molecule has 0 fully saturated rings. The number of rotatable bonds is 2. The van der Waals surface area contributed by atoms with Crippen molar-refractivity contribution in [2.45, 2.75) is 51.0 Å². The average molecular weight is 384 g/mol. The van der Waals surface area contributed by atoms with Gasteiger partial charge in [0.1, 0.15) is 0 Å². The Morgan fingerprint density at radius 3 is 2.24 bits per heavy atom. The minimum Gasteiger partial charge on any atom is -0.351 e. The summed E-state index contributed by atoms with van der Waals surface area (Å²) in [7, 11) is 2.03. The number of Topliss-reactive ketones (excluding diaryl/α,β-unsaturated/α-hetero) is 2. The number of allylic oxidation sites excluding steroid dienone is 4. The van der Waals surface area contributed by atoms with E-state index in [1.165, 1.54) is 0 Å². The highest BCUT2D eigenvalue weighted by Crippen LogP contribution is 2.50. The molecule has 2 aliphatic carbocycles. The maximum absolute atomic E-state index is 13.1. The number of terminal acetylenes is 1. The topological polar surface area (TPSA) is 42.3 Å². The van der Waals surface area contributed by atoms with Crippen LogP contribution in [0.2, 0.25) is 0 Å². The van der Waals surface area contributed by atoms with E-state index in [2.05, 4.69) is 33.7 Å². The number of para-hydroxylation sites is 1. The van der Waals surface area contributed by atoms with E-state index >= 15 is 0 Å². The van der Waals surface area contributed by atoms with Gasteiger partial charge in [0.2, 0.25) is 0 Å². The molecule has 0 saturated carbocycles. The van der Waals surface area contributed by atoms with Gasteiger partial charge in [0.05, 0.1) is 6.54 Å². The molecule has 0 radical (unpaired) electrons. The summed E-state index contributed by atoms with van der Waals surface area (Å²) in [5.41, 5.74) is 5.96. The van der Waals surface area contributed by atoms with Crippen LogP contribution in [0.25, 0.3) is 10.9 Å². The van der Waals surface area contributed by atoms with Crippen LogP contribution in [0, 0.1) is 12.3 Å². The van der Waals surface area contributed by atoms with Crippen molar-refractivity contribution in [1.29, 1.82) is 0 Å². The van der Waals surface area contributed by atoms with Crippen LogP contribution in [0.4, 0.5) is 0 Å². The Bertz CT molecular complexity index is 1110. The van der Waals surface area contributed by atoms with Crippen LogP contribution in [0.5, 0.6) is 0 Å². The normalized spacial score (nSPS) is 20.2. The Labute approximate surface area is 170 Å². The summed E-state index contributed by atoms with van der Waals surface area (Å²) in [5.74, 6) is 2.81. The van der Waals surface area contributed by atoms with Crippen molar-refractivity contribution in [3.63, 3.8) is 0 Å². The number of aromatic nitrogens is 1. The van der Waals surface area contributed by atoms with E-state index in [0.29, 0.717) is 19.4 Å². The fraction of sp³-hybridized carbons (Fsp3) is 0.360. The van der Waals surface area contributed by atoms with Crippen LogP contribution in [0.3, 0.4) is 0 Å². The van der Waals surface area contributed by atoms with Gasteiger partial charge in [-0.25, -0.2) is 0 Å². The van der Waals surface area contributed by atoms with Gasteiger partial charge in [0.15, 0.2) is 11.6 Å². The molecule has 146 valence electrons. The van der Waals surface area contributed by atoms with E-state index in [-0.39, 0.29) is 17.5 Å². The predicted molar refractivity (Wildman–Crippen MR) is 113 cm³/mol. The Balaban J connectivity index is 1.82. The molecular formula is C25H24N2O2. The highest BCUT2D eigenvalue weighted by Gasteiger charge is 2.43. The van der Waals surface area contributed by atoms with Gasteiger partial charge in [-0.2, -0.15) is 0 Å². The van der Waals surface area contributed by atoms with E-state index in [4.69, 9.17) is 6.42 Å². The van der Waals surface area contributed by atoms with Crippen LogP contribution in [0.1, 0.15) is 50.0 Å². The summed E-state index contributed by atoms with van der Waals surface area (Å²) in [5, 5.41) is 1.08. The number of nitrogens with zero attached hydrogens (tertiary/aromatic N) is 2. The summed E-state index contributed by atoms with van der Waals surface area (Å²) in [6, 6.07) is 8.15. The lowest BCUT2D eigenvalue weighted by atomic mass is 9.71. The van der Waals surface area contributed by atoms with Crippen molar-refractivity contribution in [3.05, 3.63) is 58.6 Å². The third-order valence-electron chi connectivity index (χ3n) is 6.64. The van der Waals surface area contributed by atoms with E-state index < -0.39 is 0 Å². The zero-order chi connectivity index (χ0) is 20.1. The molecule has 29 heavy (non-hydrogen) atoms. The average Bonchev–Trinajstić information content (AvgIpc) is 3.08. The Morgan fingerprint density at radius 1 is 1.00 bits per heavy atom. The summed E-state index contributed by atoms with van der Waals surface area (Å²) < 4.78 is 2.06. The number of hydrogen-bond donors (Lipinski definition) is 0. The predicted octanol–water partition coefficient (Wildman–Crippen LogP) is 4.32. The van der Waals surface area contributed by atoms with Gasteiger partial charge in [-0.05, 0) is 37.3 Å². The lowest BCUT2D eigenvalue weighted by Crippen LogP contribution is -2.37. The van der Waals surface area contributed by atoms with E-state index in [1.807, 2.05) is 19.2 Å². The van der Waals surface area contributed by atoms with Gasteiger partial charge < -0.3 is 9.47 Å². The van der Waals surface area contributed by atoms with E-state index in [9.17, 15) is 9.59 Å². The molecular weight excluding hydrogens is 360 g/mol. The summed E-state index contributed by atoms with van der Waals surface area (Å²) in [6.07, 6.45) is 12.3. The SMILES string of the molecule is C#CCn1cc(C2C3=C(CCCC3=O)N(C)C3=C2C(=O)CCC3)c2ccccc21. The molecule has 0 atom stereocenters. The zero-order valence-corrected chi connectivity index (χ0v) is 16.7. The van der Waals surface area contributed by atoms with Crippen molar-refractivity contribution in [1.82, 2.24) is 9.47 Å². The molecule has 5 rings (SSSR count). The molecule has 3 aliphatic rings. The Morgan fingerprint density at radius 2 is 1.62 bits per heavy atom. The molecule has 0 bridgehead atoms. The van der Waals surface area contributed by atoms with Gasteiger partial charge in [-0.15, -0.1) is 6.42 Å². The highest BCUT2D eigenvalue weighted by atomic mass is 16.1. The molecule has 0 spiro atoms. The van der Waals surface area contributed by atoms with Gasteiger partial charge in [0.25, 0.3) is 0 Å². The zero-order valence-electron chi connectivity index (χ0n) is 16.7. The van der Waals surface area contributed by atoms with Gasteiger partial charge >= 0.3 is 0 Å². The van der Waals surface area contributed by atoms with Crippen molar-refractivity contribution in [2.24, 2.45) is 0 Å². The Hall–Kier alpha value is -3.06.